The van der Waals surface area contributed by atoms with E-state index >= 15 is 0 Å². The van der Waals surface area contributed by atoms with Crippen LogP contribution in [0.25, 0.3) is 0 Å². The molecule has 1 heterocycles. The molecule has 0 saturated carbocycles. The van der Waals surface area contributed by atoms with Crippen LogP contribution in [0.4, 0.5) is 0 Å². The molecule has 9 heteroatoms. The highest BCUT2D eigenvalue weighted by atomic mass is 35.5. The summed E-state index contributed by atoms with van der Waals surface area (Å²) >= 11 is 5.86. The van der Waals surface area contributed by atoms with Crippen molar-refractivity contribution in [3.05, 3.63) is 28.8 Å². The molecular weight excluding hydrogens is 334 g/mol. The first-order valence-electron chi connectivity index (χ1n) is 6.41. The Morgan fingerprint density at radius 1 is 1.36 bits per heavy atom. The minimum atomic E-state index is -4.06. The Kier molecular flexibility index (Phi) is 4.74. The Morgan fingerprint density at radius 2 is 2.05 bits per heavy atom. The average molecular weight is 348 g/mol. The van der Waals surface area contributed by atoms with E-state index in [1.165, 1.54) is 19.2 Å². The maximum Gasteiger partial charge on any atom is 0.337 e. The van der Waals surface area contributed by atoms with Gasteiger partial charge in [0.15, 0.2) is 0 Å². The summed E-state index contributed by atoms with van der Waals surface area (Å²) in [6.07, 6.45) is 0.708. The molecule has 0 spiro atoms. The molecular formula is C13H14ClNO6S. The van der Waals surface area contributed by atoms with E-state index in [9.17, 15) is 18.0 Å². The molecule has 1 atom stereocenters. The van der Waals surface area contributed by atoms with E-state index in [4.69, 9.17) is 16.7 Å². The van der Waals surface area contributed by atoms with Gasteiger partial charge in [0, 0.05) is 11.6 Å². The van der Waals surface area contributed by atoms with Crippen LogP contribution in [0.1, 0.15) is 23.2 Å². The molecule has 0 bridgehead atoms. The van der Waals surface area contributed by atoms with Gasteiger partial charge in [-0.3, -0.25) is 4.79 Å². The van der Waals surface area contributed by atoms with Crippen LogP contribution in [-0.2, 0) is 19.6 Å². The monoisotopic (exact) mass is 347 g/mol. The highest BCUT2D eigenvalue weighted by molar-refractivity contribution is 7.89. The smallest absolute Gasteiger partial charge is 0.337 e. The Hall–Kier alpha value is -1.64. The van der Waals surface area contributed by atoms with E-state index in [1.54, 1.807) is 0 Å². The van der Waals surface area contributed by atoms with Gasteiger partial charge in [0.1, 0.15) is 6.04 Å². The number of carbonyl (C=O) groups excluding carboxylic acids is 1. The van der Waals surface area contributed by atoms with E-state index in [-0.39, 0.29) is 28.4 Å². The first-order chi connectivity index (χ1) is 10.3. The number of hydrogen-bond acceptors (Lipinski definition) is 5. The summed E-state index contributed by atoms with van der Waals surface area (Å²) in [6, 6.07) is 2.49. The van der Waals surface area contributed by atoms with Crippen molar-refractivity contribution in [3.63, 3.8) is 0 Å². The number of carboxylic acids is 1. The van der Waals surface area contributed by atoms with Gasteiger partial charge in [0.2, 0.25) is 10.0 Å². The van der Waals surface area contributed by atoms with Crippen LogP contribution in [-0.4, -0.2) is 49.5 Å². The number of esters is 1. The van der Waals surface area contributed by atoms with Crippen molar-refractivity contribution in [2.24, 2.45) is 0 Å². The SMILES string of the molecule is COC(=O)c1cc(Cl)cc(S(=O)(=O)N2CCC[C@@H]2C(=O)O)c1. The highest BCUT2D eigenvalue weighted by Crippen LogP contribution is 2.28. The van der Waals surface area contributed by atoms with Crippen molar-refractivity contribution in [1.29, 1.82) is 0 Å². The van der Waals surface area contributed by atoms with E-state index < -0.39 is 28.0 Å². The number of halogens is 1. The zero-order valence-corrected chi connectivity index (χ0v) is 13.2. The van der Waals surface area contributed by atoms with Gasteiger partial charge in [-0.05, 0) is 31.0 Å². The van der Waals surface area contributed by atoms with Crippen molar-refractivity contribution in [2.45, 2.75) is 23.8 Å². The van der Waals surface area contributed by atoms with Crippen molar-refractivity contribution >= 4 is 33.6 Å². The molecule has 1 N–H and O–H groups in total. The van der Waals surface area contributed by atoms with Gasteiger partial charge in [-0.25, -0.2) is 13.2 Å². The molecule has 1 aromatic carbocycles. The van der Waals surface area contributed by atoms with Gasteiger partial charge in [0.05, 0.1) is 17.6 Å². The zero-order valence-electron chi connectivity index (χ0n) is 11.7. The average Bonchev–Trinajstić information content (AvgIpc) is 2.96. The summed E-state index contributed by atoms with van der Waals surface area (Å²) in [5.41, 5.74) is -0.0142. The van der Waals surface area contributed by atoms with Gasteiger partial charge >= 0.3 is 11.9 Å². The first-order valence-corrected chi connectivity index (χ1v) is 8.22. The van der Waals surface area contributed by atoms with Crippen molar-refractivity contribution < 1.29 is 27.9 Å². The fourth-order valence-corrected chi connectivity index (χ4v) is 4.38. The minimum absolute atomic E-state index is 0.0142. The lowest BCUT2D eigenvalue weighted by Gasteiger charge is -2.21. The van der Waals surface area contributed by atoms with Crippen LogP contribution in [0.5, 0.6) is 0 Å². The number of methoxy groups -OCH3 is 1. The summed E-state index contributed by atoms with van der Waals surface area (Å²) in [4.78, 5) is 22.5. The van der Waals surface area contributed by atoms with Gasteiger partial charge in [-0.2, -0.15) is 4.31 Å². The molecule has 120 valence electrons. The summed E-state index contributed by atoms with van der Waals surface area (Å²) in [7, 11) is -2.89. The lowest BCUT2D eigenvalue weighted by molar-refractivity contribution is -0.140. The Labute approximate surface area is 132 Å². The first kappa shape index (κ1) is 16.7. The third-order valence-corrected chi connectivity index (χ3v) is 5.49. The molecule has 0 radical (unpaired) electrons. The number of ether oxygens (including phenoxy) is 1. The molecule has 1 fully saturated rings. The fourth-order valence-electron chi connectivity index (χ4n) is 2.36. The standard InChI is InChI=1S/C13H14ClNO6S/c1-21-13(18)8-5-9(14)7-10(6-8)22(19,20)15-4-2-3-11(15)12(16)17/h5-7,11H,2-4H2,1H3,(H,16,17)/t11-/m1/s1. The van der Waals surface area contributed by atoms with E-state index in [0.29, 0.717) is 6.42 Å². The highest BCUT2D eigenvalue weighted by Gasteiger charge is 2.39. The van der Waals surface area contributed by atoms with Gasteiger partial charge < -0.3 is 9.84 Å². The maximum atomic E-state index is 12.6. The number of nitrogens with zero attached hydrogens (tertiary/aromatic N) is 1. The third-order valence-electron chi connectivity index (χ3n) is 3.39. The van der Waals surface area contributed by atoms with Crippen LogP contribution in [0.2, 0.25) is 5.02 Å². The molecule has 0 unspecified atom stereocenters. The second kappa shape index (κ2) is 6.23. The Morgan fingerprint density at radius 3 is 2.64 bits per heavy atom. The normalized spacial score (nSPS) is 19.1. The number of benzene rings is 1. The van der Waals surface area contributed by atoms with Crippen molar-refractivity contribution in [2.75, 3.05) is 13.7 Å². The molecule has 2 rings (SSSR count). The topological polar surface area (TPSA) is 101 Å². The molecule has 7 nitrogen and oxygen atoms in total. The lowest BCUT2D eigenvalue weighted by atomic mass is 10.2. The molecule has 0 amide bonds. The predicted octanol–water partition coefficient (Wildman–Crippen LogP) is 1.36. The van der Waals surface area contributed by atoms with Crippen molar-refractivity contribution in [3.8, 4) is 0 Å². The number of carbonyl (C=O) groups is 2. The predicted molar refractivity (Wildman–Crippen MR) is 77.3 cm³/mol. The van der Waals surface area contributed by atoms with Crippen LogP contribution in [0.3, 0.4) is 0 Å². The van der Waals surface area contributed by atoms with E-state index in [0.717, 1.165) is 10.4 Å². The van der Waals surface area contributed by atoms with Crippen LogP contribution in [0.15, 0.2) is 23.1 Å². The van der Waals surface area contributed by atoms with Crippen LogP contribution in [0, 0.1) is 0 Å². The van der Waals surface area contributed by atoms with Crippen LogP contribution >= 0.6 is 11.6 Å². The van der Waals surface area contributed by atoms with Gasteiger partial charge in [0.25, 0.3) is 0 Å². The molecule has 1 aliphatic heterocycles. The summed E-state index contributed by atoms with van der Waals surface area (Å²) in [5.74, 6) is -1.92. The maximum absolute atomic E-state index is 12.6. The molecule has 1 aliphatic rings. The number of carboxylic acid groups (broad SMARTS) is 1. The van der Waals surface area contributed by atoms with Crippen molar-refractivity contribution in [1.82, 2.24) is 4.31 Å². The molecule has 0 aromatic heterocycles. The quantitative estimate of drug-likeness (QED) is 0.825. The molecule has 22 heavy (non-hydrogen) atoms. The van der Waals surface area contributed by atoms with Crippen LogP contribution < -0.4 is 0 Å². The van der Waals surface area contributed by atoms with E-state index in [2.05, 4.69) is 4.74 Å². The number of aliphatic carboxylic acids is 1. The second-order valence-electron chi connectivity index (χ2n) is 4.78. The van der Waals surface area contributed by atoms with Gasteiger partial charge in [-0.15, -0.1) is 0 Å². The number of hydrogen-bond donors (Lipinski definition) is 1. The summed E-state index contributed by atoms with van der Waals surface area (Å²) in [5, 5.41) is 9.17. The Balaban J connectivity index is 2.48. The second-order valence-corrected chi connectivity index (χ2v) is 7.11. The minimum Gasteiger partial charge on any atom is -0.480 e. The lowest BCUT2D eigenvalue weighted by Crippen LogP contribution is -2.40. The number of sulfonamides is 1. The zero-order chi connectivity index (χ0) is 16.5. The number of rotatable bonds is 4. The fraction of sp³-hybridized carbons (Fsp3) is 0.385. The van der Waals surface area contributed by atoms with E-state index in [1.807, 2.05) is 0 Å². The summed E-state index contributed by atoms with van der Waals surface area (Å²) in [6.45, 7) is 0.110. The Bertz CT molecular complexity index is 717. The largest absolute Gasteiger partial charge is 0.480 e. The molecule has 1 saturated heterocycles. The third kappa shape index (κ3) is 3.08. The van der Waals surface area contributed by atoms with Gasteiger partial charge in [-0.1, -0.05) is 11.6 Å². The summed E-state index contributed by atoms with van der Waals surface area (Å²) < 4.78 is 30.7. The molecule has 0 aliphatic carbocycles. The molecule has 1 aromatic rings.